The highest BCUT2D eigenvalue weighted by Gasteiger charge is 2.20. The number of nitrogens with one attached hydrogen (secondary N) is 1. The number of carbonyl (C=O) groups is 1. The van der Waals surface area contributed by atoms with Crippen molar-refractivity contribution in [2.45, 2.75) is 51.6 Å². The first-order valence-corrected chi connectivity index (χ1v) is 7.09. The van der Waals surface area contributed by atoms with Crippen LogP contribution in [0.25, 0.3) is 0 Å². The summed E-state index contributed by atoms with van der Waals surface area (Å²) in [5.41, 5.74) is 0.920. The molecule has 2 N–H and O–H groups in total. The molecule has 0 saturated heterocycles. The molecule has 0 aromatic carbocycles. The van der Waals surface area contributed by atoms with Crippen molar-refractivity contribution in [2.75, 3.05) is 0 Å². The lowest BCUT2D eigenvalue weighted by molar-refractivity contribution is 0.0694. The molecule has 19 heavy (non-hydrogen) atoms. The molecule has 0 aliphatic heterocycles. The average Bonchev–Trinajstić information content (AvgIpc) is 2.46. The van der Waals surface area contributed by atoms with E-state index >= 15 is 0 Å². The van der Waals surface area contributed by atoms with Crippen molar-refractivity contribution in [1.82, 2.24) is 10.3 Å². The van der Waals surface area contributed by atoms with Crippen molar-refractivity contribution in [3.63, 3.8) is 0 Å². The Bertz CT molecular complexity index is 428. The molecule has 1 saturated carbocycles. The van der Waals surface area contributed by atoms with Crippen LogP contribution in [0, 0.1) is 5.92 Å². The van der Waals surface area contributed by atoms with Crippen LogP contribution in [0.2, 0.25) is 0 Å². The van der Waals surface area contributed by atoms with Crippen LogP contribution in [0.4, 0.5) is 0 Å². The highest BCUT2D eigenvalue weighted by atomic mass is 16.4. The molecule has 0 bridgehead atoms. The van der Waals surface area contributed by atoms with Gasteiger partial charge in [0.25, 0.3) is 0 Å². The van der Waals surface area contributed by atoms with Crippen LogP contribution in [0.5, 0.6) is 0 Å². The second-order valence-electron chi connectivity index (χ2n) is 5.37. The van der Waals surface area contributed by atoms with Crippen molar-refractivity contribution in [2.24, 2.45) is 5.92 Å². The minimum Gasteiger partial charge on any atom is -0.478 e. The lowest BCUT2D eigenvalue weighted by Crippen LogP contribution is -2.34. The zero-order valence-electron chi connectivity index (χ0n) is 11.4. The number of pyridine rings is 1. The summed E-state index contributed by atoms with van der Waals surface area (Å²) in [6.45, 7) is 2.72. The van der Waals surface area contributed by atoms with Gasteiger partial charge in [-0.05, 0) is 37.8 Å². The second-order valence-corrected chi connectivity index (χ2v) is 5.37. The minimum absolute atomic E-state index is 0.297. The van der Waals surface area contributed by atoms with Gasteiger partial charge in [0.1, 0.15) is 0 Å². The van der Waals surface area contributed by atoms with Crippen molar-refractivity contribution in [3.8, 4) is 0 Å². The molecule has 1 atom stereocenters. The standard InChI is InChI=1S/C15H22N2O2/c1-11(12-6-3-2-4-7-12)17-10-14-13(15(18)19)8-5-9-16-14/h5,8-9,11-12,17H,2-4,6-7,10H2,1H3,(H,18,19)/t11-/m0/s1. The zero-order valence-corrected chi connectivity index (χ0v) is 11.4. The van der Waals surface area contributed by atoms with Crippen LogP contribution in [0.3, 0.4) is 0 Å². The minimum atomic E-state index is -0.907. The van der Waals surface area contributed by atoms with Gasteiger partial charge >= 0.3 is 5.97 Å². The van der Waals surface area contributed by atoms with Crippen LogP contribution in [-0.4, -0.2) is 22.1 Å². The fourth-order valence-electron chi connectivity index (χ4n) is 2.83. The van der Waals surface area contributed by atoms with Crippen molar-refractivity contribution in [1.29, 1.82) is 0 Å². The van der Waals surface area contributed by atoms with Gasteiger partial charge in [-0.1, -0.05) is 19.3 Å². The third-order valence-electron chi connectivity index (χ3n) is 4.07. The Labute approximate surface area is 114 Å². The van der Waals surface area contributed by atoms with Gasteiger partial charge < -0.3 is 10.4 Å². The fourth-order valence-corrected chi connectivity index (χ4v) is 2.83. The number of aromatic carboxylic acids is 1. The third-order valence-corrected chi connectivity index (χ3v) is 4.07. The van der Waals surface area contributed by atoms with E-state index in [2.05, 4.69) is 17.2 Å². The van der Waals surface area contributed by atoms with Gasteiger partial charge in [0.15, 0.2) is 0 Å². The van der Waals surface area contributed by atoms with Crippen LogP contribution in [0.15, 0.2) is 18.3 Å². The molecule has 0 amide bonds. The molecule has 1 aromatic heterocycles. The molecule has 1 aromatic rings. The Morgan fingerprint density at radius 2 is 2.21 bits per heavy atom. The molecule has 4 heteroatoms. The monoisotopic (exact) mass is 262 g/mol. The van der Waals surface area contributed by atoms with Gasteiger partial charge in [-0.3, -0.25) is 4.98 Å². The molecular formula is C15H22N2O2. The lowest BCUT2D eigenvalue weighted by Gasteiger charge is -2.28. The number of hydrogen-bond donors (Lipinski definition) is 2. The number of rotatable bonds is 5. The van der Waals surface area contributed by atoms with E-state index in [1.165, 1.54) is 32.1 Å². The molecule has 0 unspecified atom stereocenters. The molecule has 1 aliphatic rings. The van der Waals surface area contributed by atoms with E-state index in [1.54, 1.807) is 18.3 Å². The molecule has 4 nitrogen and oxygen atoms in total. The van der Waals surface area contributed by atoms with E-state index in [0.29, 0.717) is 29.8 Å². The van der Waals surface area contributed by atoms with Crippen LogP contribution >= 0.6 is 0 Å². The number of carboxylic acids is 1. The van der Waals surface area contributed by atoms with E-state index in [4.69, 9.17) is 5.11 Å². The van der Waals surface area contributed by atoms with Gasteiger partial charge in [-0.25, -0.2) is 4.79 Å². The third kappa shape index (κ3) is 3.77. The van der Waals surface area contributed by atoms with Crippen LogP contribution in [0.1, 0.15) is 55.1 Å². The summed E-state index contributed by atoms with van der Waals surface area (Å²) in [7, 11) is 0. The highest BCUT2D eigenvalue weighted by molar-refractivity contribution is 5.88. The molecule has 0 radical (unpaired) electrons. The maximum atomic E-state index is 11.1. The molecule has 1 aliphatic carbocycles. The van der Waals surface area contributed by atoms with Gasteiger partial charge in [0, 0.05) is 18.8 Å². The van der Waals surface area contributed by atoms with E-state index in [1.807, 2.05) is 0 Å². The molecule has 2 rings (SSSR count). The molecular weight excluding hydrogens is 240 g/mol. The summed E-state index contributed by atoms with van der Waals surface area (Å²) in [4.78, 5) is 15.3. The molecule has 1 fully saturated rings. The highest BCUT2D eigenvalue weighted by Crippen LogP contribution is 2.26. The Hall–Kier alpha value is -1.42. The first-order valence-electron chi connectivity index (χ1n) is 7.09. The average molecular weight is 262 g/mol. The van der Waals surface area contributed by atoms with Gasteiger partial charge in [0.05, 0.1) is 11.3 Å². The summed E-state index contributed by atoms with van der Waals surface area (Å²) in [5.74, 6) is -0.194. The van der Waals surface area contributed by atoms with Crippen molar-refractivity contribution in [3.05, 3.63) is 29.6 Å². The summed E-state index contributed by atoms with van der Waals surface area (Å²) in [6.07, 6.45) is 8.20. The first-order chi connectivity index (χ1) is 9.18. The second kappa shape index (κ2) is 6.66. The van der Waals surface area contributed by atoms with E-state index in [9.17, 15) is 4.79 Å². The Kier molecular flexibility index (Phi) is 4.91. The summed E-state index contributed by atoms with van der Waals surface area (Å²) in [5, 5.41) is 12.5. The predicted octanol–water partition coefficient (Wildman–Crippen LogP) is 2.84. The lowest BCUT2D eigenvalue weighted by atomic mass is 9.84. The topological polar surface area (TPSA) is 62.2 Å². The normalized spacial score (nSPS) is 18.2. The number of aromatic nitrogens is 1. The quantitative estimate of drug-likeness (QED) is 0.856. The first kappa shape index (κ1) is 14.0. The smallest absolute Gasteiger partial charge is 0.337 e. The van der Waals surface area contributed by atoms with Crippen molar-refractivity contribution >= 4 is 5.97 Å². The molecule has 104 valence electrons. The van der Waals surface area contributed by atoms with Crippen LogP contribution < -0.4 is 5.32 Å². The molecule has 1 heterocycles. The number of carboxylic acid groups (broad SMARTS) is 1. The predicted molar refractivity (Wildman–Crippen MR) is 74.1 cm³/mol. The summed E-state index contributed by atoms with van der Waals surface area (Å²) < 4.78 is 0. The largest absolute Gasteiger partial charge is 0.478 e. The van der Waals surface area contributed by atoms with Gasteiger partial charge in [-0.2, -0.15) is 0 Å². The Balaban J connectivity index is 1.92. The maximum Gasteiger partial charge on any atom is 0.337 e. The molecule has 0 spiro atoms. The number of hydrogen-bond acceptors (Lipinski definition) is 3. The van der Waals surface area contributed by atoms with E-state index in [0.717, 1.165) is 0 Å². The van der Waals surface area contributed by atoms with E-state index < -0.39 is 5.97 Å². The van der Waals surface area contributed by atoms with E-state index in [-0.39, 0.29) is 0 Å². The van der Waals surface area contributed by atoms with Crippen molar-refractivity contribution < 1.29 is 9.90 Å². The maximum absolute atomic E-state index is 11.1. The zero-order chi connectivity index (χ0) is 13.7. The van der Waals surface area contributed by atoms with Gasteiger partial charge in [0.2, 0.25) is 0 Å². The fraction of sp³-hybridized carbons (Fsp3) is 0.600. The van der Waals surface area contributed by atoms with Crippen LogP contribution in [-0.2, 0) is 6.54 Å². The SMILES string of the molecule is C[C@H](NCc1ncccc1C(=O)O)C1CCCCC1. The number of nitrogens with zero attached hydrogens (tertiary/aromatic N) is 1. The van der Waals surface area contributed by atoms with Gasteiger partial charge in [-0.15, -0.1) is 0 Å². The summed E-state index contributed by atoms with van der Waals surface area (Å²) in [6, 6.07) is 3.69. The Morgan fingerprint density at radius 3 is 2.89 bits per heavy atom. The Morgan fingerprint density at radius 1 is 1.47 bits per heavy atom. The summed E-state index contributed by atoms with van der Waals surface area (Å²) >= 11 is 0.